The van der Waals surface area contributed by atoms with Crippen LogP contribution in [0.4, 0.5) is 5.82 Å². The maximum atomic E-state index is 5.76. The first-order valence-corrected chi connectivity index (χ1v) is 6.86. The van der Waals surface area contributed by atoms with E-state index in [0.717, 1.165) is 43.0 Å². The number of nitrogens with one attached hydrogen (secondary N) is 1. The van der Waals surface area contributed by atoms with Crippen LogP contribution in [0, 0.1) is 6.92 Å². The summed E-state index contributed by atoms with van der Waals surface area (Å²) in [6.07, 6.45) is 3.13. The molecule has 1 aromatic rings. The smallest absolute Gasteiger partial charge is 0.222 e. The molecule has 1 rings (SSSR count). The molecular weight excluding hydrogens is 226 g/mol. The molecule has 0 aliphatic carbocycles. The maximum absolute atomic E-state index is 5.76. The summed E-state index contributed by atoms with van der Waals surface area (Å²) >= 11 is 0. The molecule has 0 aliphatic heterocycles. The van der Waals surface area contributed by atoms with Crippen molar-refractivity contribution in [3.05, 3.63) is 11.4 Å². The fourth-order valence-corrected chi connectivity index (χ4v) is 1.63. The van der Waals surface area contributed by atoms with Crippen molar-refractivity contribution in [1.82, 2.24) is 9.97 Å². The van der Waals surface area contributed by atoms with Gasteiger partial charge in [-0.25, -0.2) is 4.98 Å². The van der Waals surface area contributed by atoms with E-state index in [1.807, 2.05) is 20.8 Å². The topological polar surface area (TPSA) is 47.0 Å². The van der Waals surface area contributed by atoms with Crippen LogP contribution < -0.4 is 10.1 Å². The van der Waals surface area contributed by atoms with Gasteiger partial charge in [-0.2, -0.15) is 4.98 Å². The van der Waals surface area contributed by atoms with Crippen molar-refractivity contribution in [2.45, 2.75) is 60.0 Å². The van der Waals surface area contributed by atoms with Gasteiger partial charge in [-0.3, -0.25) is 0 Å². The first kappa shape index (κ1) is 14.7. The number of hydrogen-bond donors (Lipinski definition) is 1. The lowest BCUT2D eigenvalue weighted by Crippen LogP contribution is -2.13. The van der Waals surface area contributed by atoms with Crippen molar-refractivity contribution < 1.29 is 4.74 Å². The molecule has 4 heteroatoms. The predicted octanol–water partition coefficient (Wildman–Crippen LogP) is 3.35. The van der Waals surface area contributed by atoms with Crippen molar-refractivity contribution in [2.75, 3.05) is 11.9 Å². The molecule has 0 amide bonds. The highest BCUT2D eigenvalue weighted by molar-refractivity contribution is 5.48. The molecule has 0 fully saturated rings. The number of anilines is 1. The van der Waals surface area contributed by atoms with Crippen LogP contribution in [0.1, 0.15) is 51.9 Å². The minimum Gasteiger partial charge on any atom is -0.475 e. The van der Waals surface area contributed by atoms with Crippen molar-refractivity contribution in [1.29, 1.82) is 0 Å². The fourth-order valence-electron chi connectivity index (χ4n) is 1.63. The van der Waals surface area contributed by atoms with Gasteiger partial charge < -0.3 is 10.1 Å². The number of ether oxygens (including phenoxy) is 1. The Morgan fingerprint density at radius 3 is 2.44 bits per heavy atom. The standard InChI is InChI=1S/C14H25N3O/c1-6-8-12-16-13(15-9-7-2)11(5)14(17-12)18-10(3)4/h10H,6-9H2,1-5H3,(H,15,16,17). The third-order valence-corrected chi connectivity index (χ3v) is 2.51. The molecule has 4 nitrogen and oxygen atoms in total. The van der Waals surface area contributed by atoms with Crippen LogP contribution in [0.15, 0.2) is 0 Å². The van der Waals surface area contributed by atoms with Gasteiger partial charge in [0.1, 0.15) is 11.6 Å². The van der Waals surface area contributed by atoms with Gasteiger partial charge in [0.25, 0.3) is 0 Å². The molecule has 102 valence electrons. The molecule has 18 heavy (non-hydrogen) atoms. The maximum Gasteiger partial charge on any atom is 0.222 e. The molecule has 0 saturated heterocycles. The quantitative estimate of drug-likeness (QED) is 0.807. The molecule has 0 spiro atoms. The van der Waals surface area contributed by atoms with Crippen molar-refractivity contribution in [3.63, 3.8) is 0 Å². The molecule has 1 N–H and O–H groups in total. The van der Waals surface area contributed by atoms with Gasteiger partial charge in [0, 0.05) is 13.0 Å². The number of hydrogen-bond acceptors (Lipinski definition) is 4. The van der Waals surface area contributed by atoms with E-state index in [0.29, 0.717) is 5.88 Å². The minimum atomic E-state index is 0.132. The lowest BCUT2D eigenvalue weighted by molar-refractivity contribution is 0.230. The number of aryl methyl sites for hydroxylation is 1. The van der Waals surface area contributed by atoms with Gasteiger partial charge in [0.15, 0.2) is 0 Å². The van der Waals surface area contributed by atoms with Crippen LogP contribution in [0.2, 0.25) is 0 Å². The summed E-state index contributed by atoms with van der Waals surface area (Å²) in [5, 5.41) is 3.34. The number of rotatable bonds is 7. The minimum absolute atomic E-state index is 0.132. The lowest BCUT2D eigenvalue weighted by Gasteiger charge is -2.16. The molecular formula is C14H25N3O. The van der Waals surface area contributed by atoms with Gasteiger partial charge in [-0.1, -0.05) is 13.8 Å². The van der Waals surface area contributed by atoms with Gasteiger partial charge in [-0.05, 0) is 33.6 Å². The van der Waals surface area contributed by atoms with E-state index in [1.54, 1.807) is 0 Å². The Kier molecular flexibility index (Phi) is 5.89. The Labute approximate surface area is 110 Å². The van der Waals surface area contributed by atoms with Crippen LogP contribution in [0.3, 0.4) is 0 Å². The normalized spacial score (nSPS) is 10.8. The number of nitrogens with zero attached hydrogens (tertiary/aromatic N) is 2. The summed E-state index contributed by atoms with van der Waals surface area (Å²) < 4.78 is 5.76. The first-order valence-electron chi connectivity index (χ1n) is 6.86. The zero-order valence-corrected chi connectivity index (χ0v) is 12.2. The zero-order valence-electron chi connectivity index (χ0n) is 12.2. The van der Waals surface area contributed by atoms with Gasteiger partial charge in [0.2, 0.25) is 5.88 Å². The lowest BCUT2D eigenvalue weighted by atomic mass is 10.2. The molecule has 0 bridgehead atoms. The molecule has 0 unspecified atom stereocenters. The summed E-state index contributed by atoms with van der Waals surface area (Å²) in [5.74, 6) is 2.48. The predicted molar refractivity (Wildman–Crippen MR) is 75.3 cm³/mol. The Hall–Kier alpha value is -1.32. The molecule has 1 heterocycles. The molecule has 1 aromatic heterocycles. The van der Waals surface area contributed by atoms with Crippen LogP contribution in [0.5, 0.6) is 5.88 Å². The van der Waals surface area contributed by atoms with E-state index >= 15 is 0 Å². The molecule has 0 saturated carbocycles. The second kappa shape index (κ2) is 7.19. The van der Waals surface area contributed by atoms with Crippen LogP contribution in [-0.2, 0) is 6.42 Å². The first-order chi connectivity index (χ1) is 8.58. The summed E-state index contributed by atoms with van der Waals surface area (Å²) in [4.78, 5) is 9.06. The Morgan fingerprint density at radius 1 is 1.17 bits per heavy atom. The molecule has 0 radical (unpaired) electrons. The second-order valence-electron chi connectivity index (χ2n) is 4.76. The zero-order chi connectivity index (χ0) is 13.5. The Morgan fingerprint density at radius 2 is 1.89 bits per heavy atom. The van der Waals surface area contributed by atoms with E-state index in [9.17, 15) is 0 Å². The van der Waals surface area contributed by atoms with Crippen molar-refractivity contribution in [2.24, 2.45) is 0 Å². The average Bonchev–Trinajstić information content (AvgIpc) is 2.31. The van der Waals surface area contributed by atoms with E-state index in [1.165, 1.54) is 0 Å². The van der Waals surface area contributed by atoms with Gasteiger partial charge >= 0.3 is 0 Å². The van der Waals surface area contributed by atoms with E-state index in [-0.39, 0.29) is 6.10 Å². The molecule has 0 atom stereocenters. The third kappa shape index (κ3) is 4.17. The highest BCUT2D eigenvalue weighted by Crippen LogP contribution is 2.23. The highest BCUT2D eigenvalue weighted by Gasteiger charge is 2.12. The molecule has 0 aliphatic rings. The van der Waals surface area contributed by atoms with Crippen LogP contribution in [-0.4, -0.2) is 22.6 Å². The highest BCUT2D eigenvalue weighted by atomic mass is 16.5. The summed E-state index contributed by atoms with van der Waals surface area (Å²) in [6, 6.07) is 0. The van der Waals surface area contributed by atoms with E-state index in [4.69, 9.17) is 4.74 Å². The molecule has 0 aromatic carbocycles. The van der Waals surface area contributed by atoms with E-state index in [2.05, 4.69) is 29.1 Å². The van der Waals surface area contributed by atoms with Gasteiger partial charge in [-0.15, -0.1) is 0 Å². The fraction of sp³-hybridized carbons (Fsp3) is 0.714. The third-order valence-electron chi connectivity index (χ3n) is 2.51. The summed E-state index contributed by atoms with van der Waals surface area (Å²) in [5.41, 5.74) is 0.997. The van der Waals surface area contributed by atoms with Crippen molar-refractivity contribution >= 4 is 5.82 Å². The largest absolute Gasteiger partial charge is 0.475 e. The summed E-state index contributed by atoms with van der Waals surface area (Å²) in [7, 11) is 0. The average molecular weight is 251 g/mol. The Balaban J connectivity index is 3.02. The number of aromatic nitrogens is 2. The van der Waals surface area contributed by atoms with E-state index < -0.39 is 0 Å². The summed E-state index contributed by atoms with van der Waals surface area (Å²) in [6.45, 7) is 11.2. The SMILES string of the molecule is CCCNc1nc(CCC)nc(OC(C)C)c1C. The Bertz CT molecular complexity index is 378. The van der Waals surface area contributed by atoms with Crippen LogP contribution >= 0.6 is 0 Å². The monoisotopic (exact) mass is 251 g/mol. The van der Waals surface area contributed by atoms with Crippen LogP contribution in [0.25, 0.3) is 0 Å². The van der Waals surface area contributed by atoms with Crippen molar-refractivity contribution in [3.8, 4) is 5.88 Å². The van der Waals surface area contributed by atoms with Gasteiger partial charge in [0.05, 0.1) is 11.7 Å². The second-order valence-corrected chi connectivity index (χ2v) is 4.76.